The summed E-state index contributed by atoms with van der Waals surface area (Å²) in [6.45, 7) is 37.0. The van der Waals surface area contributed by atoms with E-state index in [1.807, 2.05) is 27.7 Å². The zero-order valence-electron chi connectivity index (χ0n) is 56.6. The van der Waals surface area contributed by atoms with E-state index in [0.717, 1.165) is 11.1 Å². The molecule has 1 N–H and O–H groups in total. The molecule has 2 aromatic carbocycles. The monoisotopic (exact) mass is 1390 g/mol. The van der Waals surface area contributed by atoms with Gasteiger partial charge >= 0.3 is 83.8 Å². The van der Waals surface area contributed by atoms with Crippen LogP contribution in [0.5, 0.6) is 0 Å². The van der Waals surface area contributed by atoms with Crippen molar-refractivity contribution in [2.24, 2.45) is 0 Å². The van der Waals surface area contributed by atoms with E-state index in [0.29, 0.717) is 25.7 Å². The van der Waals surface area contributed by atoms with Crippen LogP contribution in [0.15, 0.2) is 83.6 Å². The van der Waals surface area contributed by atoms with Crippen molar-refractivity contribution < 1.29 is 151 Å². The second kappa shape index (κ2) is 64.6. The number of rotatable bonds is 32. The van der Waals surface area contributed by atoms with Crippen LogP contribution in [-0.4, -0.2) is 170 Å². The SMILES string of the molecule is C=CCOC(CCC)(CC(=O)OCC)C(=O)OCC.C=CC[O-].CCCC(CC(=O)OCC)(OS(=O)(=O)c1ccc(C)cc1)C(=O)OCC.CCCC(O)(CC(=O)OCC)C(=O)OCC.CCN(CC)CC.Cc1ccc(S(=O)(=O)Cl)cc1.O=C=O.O=C=O.O=C=O.[Na+]. The third kappa shape index (κ3) is 52.9. The molecule has 93 heavy (non-hydrogen) atoms. The third-order valence-corrected chi connectivity index (χ3v) is 13.7. The van der Waals surface area contributed by atoms with Gasteiger partial charge in [0.25, 0.3) is 19.2 Å². The number of halogens is 1. The number of hydrogen-bond acceptors (Lipinski definition) is 27. The molecule has 0 fully saturated rings. The van der Waals surface area contributed by atoms with E-state index < -0.39 is 78.2 Å². The molecule has 31 heteroatoms. The summed E-state index contributed by atoms with van der Waals surface area (Å²) in [5, 5.41) is 19.2. The Morgan fingerprint density at radius 3 is 1.11 bits per heavy atom. The fourth-order valence-corrected chi connectivity index (χ4v) is 8.95. The molecule has 2 rings (SSSR count). The average molecular weight is 1400 g/mol. The maximum absolute atomic E-state index is 12.7. The van der Waals surface area contributed by atoms with Gasteiger partial charge in [0.1, 0.15) is 0 Å². The van der Waals surface area contributed by atoms with Gasteiger partial charge in [-0.05, 0) is 119 Å². The van der Waals surface area contributed by atoms with Crippen LogP contribution in [0, 0.1) is 13.8 Å². The molecule has 0 aliphatic carbocycles. The van der Waals surface area contributed by atoms with Gasteiger partial charge in [0, 0.05) is 10.7 Å². The molecule has 0 spiro atoms. The van der Waals surface area contributed by atoms with Crippen LogP contribution in [0.1, 0.15) is 152 Å². The first-order valence-corrected chi connectivity index (χ1v) is 32.9. The van der Waals surface area contributed by atoms with Crippen molar-refractivity contribution in [2.45, 2.75) is 181 Å². The Kier molecular flexibility index (Phi) is 71.5. The molecule has 0 heterocycles. The van der Waals surface area contributed by atoms with Gasteiger partial charge in [0.05, 0.1) is 75.3 Å². The molecule has 0 aliphatic rings. The molecule has 0 saturated carbocycles. The van der Waals surface area contributed by atoms with Crippen molar-refractivity contribution in [2.75, 3.05) is 72.5 Å². The van der Waals surface area contributed by atoms with E-state index in [1.54, 1.807) is 72.7 Å². The summed E-state index contributed by atoms with van der Waals surface area (Å²) in [4.78, 5) is 122. The van der Waals surface area contributed by atoms with Crippen molar-refractivity contribution in [3.8, 4) is 0 Å². The molecular weight excluding hydrogens is 1300 g/mol. The van der Waals surface area contributed by atoms with Crippen LogP contribution >= 0.6 is 10.7 Å². The van der Waals surface area contributed by atoms with Crippen molar-refractivity contribution in [1.82, 2.24) is 4.90 Å². The van der Waals surface area contributed by atoms with Crippen LogP contribution in [0.2, 0.25) is 0 Å². The molecule has 526 valence electrons. The zero-order valence-corrected chi connectivity index (χ0v) is 61.0. The second-order valence-corrected chi connectivity index (χ2v) is 22.0. The van der Waals surface area contributed by atoms with Gasteiger partial charge in [0.15, 0.2) is 16.8 Å². The Morgan fingerprint density at radius 1 is 0.516 bits per heavy atom. The quantitative estimate of drug-likeness (QED) is 0.0269. The zero-order chi connectivity index (χ0) is 72.8. The number of carbonyl (C=O) groups excluding carboxylic acids is 12. The number of aliphatic hydroxyl groups is 1. The first-order valence-electron chi connectivity index (χ1n) is 29.2. The number of hydrogen-bond donors (Lipinski definition) is 1. The van der Waals surface area contributed by atoms with Crippen LogP contribution in [0.3, 0.4) is 0 Å². The second-order valence-electron chi connectivity index (χ2n) is 17.9. The normalized spacial score (nSPS) is 11.6. The summed E-state index contributed by atoms with van der Waals surface area (Å²) in [7, 11) is -2.75. The molecule has 0 aromatic heterocycles. The first kappa shape index (κ1) is 103. The molecule has 27 nitrogen and oxygen atoms in total. The van der Waals surface area contributed by atoms with Gasteiger partial charge in [-0.3, -0.25) is 14.4 Å². The molecule has 0 radical (unpaired) electrons. The third-order valence-electron chi connectivity index (χ3n) is 11.0. The summed E-state index contributed by atoms with van der Waals surface area (Å²) in [6.07, 6.45) is 4.83. The minimum absolute atomic E-state index is 0. The van der Waals surface area contributed by atoms with Gasteiger partial charge < -0.3 is 48.3 Å². The minimum atomic E-state index is -4.29. The maximum atomic E-state index is 12.7. The summed E-state index contributed by atoms with van der Waals surface area (Å²) < 4.78 is 87.0. The van der Waals surface area contributed by atoms with Gasteiger partial charge in [-0.25, -0.2) is 27.0 Å². The first-order chi connectivity index (χ1) is 43.3. The Hall–Kier alpha value is -6.13. The fraction of sp³-hybridized carbons (Fsp3) is 0.597. The predicted octanol–water partition coefficient (Wildman–Crippen LogP) is 4.09. The van der Waals surface area contributed by atoms with E-state index >= 15 is 0 Å². The Bertz CT molecular complexity index is 2640. The standard InChI is InChI=1S/C18H26O7S.C14H24O5.C11H20O5.C7H7ClO2S.C6H15N.C3H5O.3CO2.Na/c1-5-12-18(17(20)24-7-3,13-16(19)23-6-2)25-26(21,22)15-10-8-14(4)9-11-15;1-5-9-14(19-10-6-2,13(16)18-8-4)11-12(15)17-7-3;1-4-7-11(14,10(13)16-6-3)8-9(12)15-5-2;1-6-2-4-7(5-3-6)11(8,9)10;1-4-7(5-2)6-3;1-2-3-4;3*2-1-3;/h8-11H,5-7,12-13H2,1-4H3;6H,2,5,7-11H2,1,3-4H3;14H,4-8H2,1-3H3;2-5H,1H3;4-6H2,1-3H3;2H,1,3H2;;;;/q;;;;;-1;;;;+1. The molecule has 3 atom stereocenters. The largest absolute Gasteiger partial charge is 1.00 e. The Morgan fingerprint density at radius 2 is 0.817 bits per heavy atom. The molecule has 3 unspecified atom stereocenters. The molecular formula is C62H97ClNNaO26S2. The van der Waals surface area contributed by atoms with Crippen LogP contribution < -0.4 is 34.7 Å². The number of carbonyl (C=O) groups is 6. The van der Waals surface area contributed by atoms with E-state index in [2.05, 4.69) is 38.8 Å². The number of nitrogens with zero attached hydrogens (tertiary/aromatic N) is 1. The van der Waals surface area contributed by atoms with E-state index in [-0.39, 0.29) is 136 Å². The predicted molar refractivity (Wildman–Crippen MR) is 332 cm³/mol. The Labute approximate surface area is 575 Å². The number of benzene rings is 2. The van der Waals surface area contributed by atoms with Gasteiger partial charge in [-0.2, -0.15) is 37.2 Å². The van der Waals surface area contributed by atoms with Crippen molar-refractivity contribution in [3.05, 3.63) is 85.0 Å². The van der Waals surface area contributed by atoms with Gasteiger partial charge in [0.2, 0.25) is 0 Å². The maximum Gasteiger partial charge on any atom is 1.00 e. The topological polar surface area (TPSA) is 393 Å². The summed E-state index contributed by atoms with van der Waals surface area (Å²) in [6, 6.07) is 12.4. The number of ether oxygens (including phenoxy) is 7. The number of esters is 6. The molecule has 2 aromatic rings. The van der Waals surface area contributed by atoms with Gasteiger partial charge in [-0.15, -0.1) is 25.8 Å². The smallest absolute Gasteiger partial charge is 0.851 e. The van der Waals surface area contributed by atoms with E-state index in [1.165, 1.54) is 56.1 Å². The van der Waals surface area contributed by atoms with Crippen molar-refractivity contribution in [1.29, 1.82) is 0 Å². The molecule has 0 amide bonds. The van der Waals surface area contributed by atoms with Crippen molar-refractivity contribution >= 4 is 84.1 Å². The molecule has 0 saturated heterocycles. The van der Waals surface area contributed by atoms with Crippen molar-refractivity contribution in [3.63, 3.8) is 0 Å². The molecule has 0 bridgehead atoms. The summed E-state index contributed by atoms with van der Waals surface area (Å²) in [5.74, 6) is -3.96. The van der Waals surface area contributed by atoms with Crippen LogP contribution in [0.25, 0.3) is 0 Å². The minimum Gasteiger partial charge on any atom is -0.851 e. The van der Waals surface area contributed by atoms with E-state index in [9.17, 15) is 55.8 Å². The average Bonchev–Trinajstić information content (AvgIpc) is 0.832. The summed E-state index contributed by atoms with van der Waals surface area (Å²) in [5.41, 5.74) is -3.10. The van der Waals surface area contributed by atoms with E-state index in [4.69, 9.17) is 76.8 Å². The Balaban J connectivity index is -0.000000160. The van der Waals surface area contributed by atoms with Gasteiger partial charge in [-0.1, -0.05) is 102 Å². The van der Waals surface area contributed by atoms with Crippen LogP contribution in [-0.2, 0) is 114 Å². The number of aryl methyl sites for hydroxylation is 2. The molecule has 0 aliphatic heterocycles. The van der Waals surface area contributed by atoms with Crippen LogP contribution in [0.4, 0.5) is 0 Å². The fourth-order valence-electron chi connectivity index (χ4n) is 6.98. The summed E-state index contributed by atoms with van der Waals surface area (Å²) >= 11 is 0.